The smallest absolute Gasteiger partial charge is 0.252 e. The summed E-state index contributed by atoms with van der Waals surface area (Å²) in [7, 11) is 0. The van der Waals surface area contributed by atoms with Gasteiger partial charge in [-0.25, -0.2) is 0 Å². The van der Waals surface area contributed by atoms with Gasteiger partial charge in [0, 0.05) is 81.0 Å². The molecule has 0 saturated carbocycles. The molecule has 0 fully saturated rings. The zero-order valence-electron chi connectivity index (χ0n) is 41.6. The molecular weight excluding hydrogens is 952 g/mol. The number of hydrogen-bond acceptors (Lipinski definition) is 3. The molecule has 0 bridgehead atoms. The Balaban J connectivity index is 1.08. The molecule has 0 N–H and O–H groups in total. The molecule has 5 heterocycles. The van der Waals surface area contributed by atoms with E-state index in [2.05, 4.69) is 270 Å². The Morgan fingerprint density at radius 3 is 1.68 bits per heavy atom. The van der Waals surface area contributed by atoms with Gasteiger partial charge in [-0.3, -0.25) is 0 Å². The van der Waals surface area contributed by atoms with E-state index in [0.29, 0.717) is 0 Å². The number of furan rings is 1. The molecule has 77 heavy (non-hydrogen) atoms. The van der Waals surface area contributed by atoms with E-state index in [-0.39, 0.29) is 6.71 Å². The highest BCUT2D eigenvalue weighted by Gasteiger charge is 2.44. The van der Waals surface area contributed by atoms with Gasteiger partial charge in [0.2, 0.25) is 0 Å². The zero-order chi connectivity index (χ0) is 50.3. The van der Waals surface area contributed by atoms with E-state index in [4.69, 9.17) is 4.42 Å². The van der Waals surface area contributed by atoms with Gasteiger partial charge in [0.1, 0.15) is 11.2 Å². The Bertz CT molecular complexity index is 4860. The van der Waals surface area contributed by atoms with Crippen molar-refractivity contribution in [2.24, 2.45) is 0 Å². The van der Waals surface area contributed by atoms with Gasteiger partial charge in [0.05, 0.1) is 11.2 Å². The molecule has 0 amide bonds. The van der Waals surface area contributed by atoms with Crippen molar-refractivity contribution in [1.82, 2.24) is 4.57 Å². The number of thiophene rings is 1. The maximum absolute atomic E-state index is 6.95. The minimum atomic E-state index is -0.127. The van der Waals surface area contributed by atoms with Crippen molar-refractivity contribution in [2.45, 2.75) is 0 Å². The average molecular weight is 995 g/mol. The van der Waals surface area contributed by atoms with Crippen LogP contribution in [-0.2, 0) is 0 Å². The van der Waals surface area contributed by atoms with E-state index < -0.39 is 0 Å². The van der Waals surface area contributed by atoms with Gasteiger partial charge in [-0.1, -0.05) is 206 Å². The summed E-state index contributed by atoms with van der Waals surface area (Å²) in [6.45, 7) is -0.127. The Labute approximate surface area is 448 Å². The number of hydrogen-bond donors (Lipinski definition) is 0. The summed E-state index contributed by atoms with van der Waals surface area (Å²) < 4.78 is 12.1. The highest BCUT2D eigenvalue weighted by Crippen LogP contribution is 2.52. The Morgan fingerprint density at radius 2 is 0.935 bits per heavy atom. The fourth-order valence-electron chi connectivity index (χ4n) is 13.2. The van der Waals surface area contributed by atoms with Gasteiger partial charge in [0.25, 0.3) is 6.71 Å². The van der Waals surface area contributed by atoms with Crippen LogP contribution in [-0.4, -0.2) is 11.3 Å². The Kier molecular flexibility index (Phi) is 9.09. The van der Waals surface area contributed by atoms with Crippen molar-refractivity contribution < 1.29 is 4.42 Å². The molecule has 0 aliphatic carbocycles. The predicted molar refractivity (Wildman–Crippen MR) is 327 cm³/mol. The minimum absolute atomic E-state index is 0.127. The molecule has 15 aromatic rings. The standard InChI is InChI=1S/C72H43BN2OS/c1-5-19-44(20-6-1)48-35-36-62-57(37-48)59-38-49(45-21-7-2-8-22-45)39-61-71(59)74(62)64-40-50(53-31-18-32-56-54-27-13-15-33-66(54)76-72(53)56)41-65-69(64)73(61)60-43-68-58(55-28-14-16-34-67(55)77-68)42-63(60)75(65)70-51(46-23-9-3-10-24-46)29-17-30-52(70)47-25-11-4-12-26-47/h1-43H. The molecule has 356 valence electrons. The van der Waals surface area contributed by atoms with Crippen molar-refractivity contribution in [1.29, 1.82) is 0 Å². The summed E-state index contributed by atoms with van der Waals surface area (Å²) in [5.74, 6) is 0. The lowest BCUT2D eigenvalue weighted by atomic mass is 9.33. The fourth-order valence-corrected chi connectivity index (χ4v) is 14.3. The first kappa shape index (κ1) is 42.7. The summed E-state index contributed by atoms with van der Waals surface area (Å²) in [4.78, 5) is 2.66. The molecule has 0 radical (unpaired) electrons. The highest BCUT2D eigenvalue weighted by molar-refractivity contribution is 7.26. The first-order chi connectivity index (χ1) is 38.2. The lowest BCUT2D eigenvalue weighted by Crippen LogP contribution is -2.60. The van der Waals surface area contributed by atoms with Gasteiger partial charge in [-0.2, -0.15) is 0 Å². The van der Waals surface area contributed by atoms with Crippen LogP contribution in [0.25, 0.3) is 125 Å². The minimum Gasteiger partial charge on any atom is -0.455 e. The maximum Gasteiger partial charge on any atom is 0.252 e. The predicted octanol–water partition coefficient (Wildman–Crippen LogP) is 18.0. The number of nitrogens with zero attached hydrogens (tertiary/aromatic N) is 2. The summed E-state index contributed by atoms with van der Waals surface area (Å²) >= 11 is 1.90. The second-order valence-electron chi connectivity index (χ2n) is 20.7. The van der Waals surface area contributed by atoms with Gasteiger partial charge in [-0.05, 0) is 110 Å². The van der Waals surface area contributed by atoms with Gasteiger partial charge >= 0.3 is 0 Å². The molecule has 3 aromatic heterocycles. The topological polar surface area (TPSA) is 21.3 Å². The number of anilines is 3. The van der Waals surface area contributed by atoms with Crippen molar-refractivity contribution in [2.75, 3.05) is 4.90 Å². The number of fused-ring (bicyclic) bond motifs is 13. The quantitative estimate of drug-likeness (QED) is 0.155. The largest absolute Gasteiger partial charge is 0.455 e. The molecule has 2 aliphatic heterocycles. The van der Waals surface area contributed by atoms with E-state index >= 15 is 0 Å². The third-order valence-electron chi connectivity index (χ3n) is 16.5. The SMILES string of the molecule is c1ccc(-c2ccc3c(c2)c2cc(-c4ccccc4)cc4c2n3-c2cc(-c3cccc5c3oc3ccccc35)cc3c2B4c2cc4sc5ccccc5c4cc2N3c2c(-c3ccccc3)cccc2-c2ccccc2)cc1. The summed E-state index contributed by atoms with van der Waals surface area (Å²) in [5.41, 5.74) is 24.3. The van der Waals surface area contributed by atoms with Gasteiger partial charge in [-0.15, -0.1) is 11.3 Å². The third kappa shape index (κ3) is 6.26. The molecule has 0 saturated heterocycles. The van der Waals surface area contributed by atoms with Crippen LogP contribution in [0.1, 0.15) is 0 Å². The fraction of sp³-hybridized carbons (Fsp3) is 0. The van der Waals surface area contributed by atoms with Crippen molar-refractivity contribution in [3.63, 3.8) is 0 Å². The third-order valence-corrected chi connectivity index (χ3v) is 17.7. The maximum atomic E-state index is 6.95. The highest BCUT2D eigenvalue weighted by atomic mass is 32.1. The van der Waals surface area contributed by atoms with Gasteiger partial charge < -0.3 is 13.9 Å². The number of benzene rings is 12. The first-order valence-electron chi connectivity index (χ1n) is 26.5. The lowest BCUT2D eigenvalue weighted by molar-refractivity contribution is 0.670. The van der Waals surface area contributed by atoms with E-state index in [9.17, 15) is 0 Å². The molecule has 2 aliphatic rings. The molecule has 3 nitrogen and oxygen atoms in total. The average Bonchev–Trinajstić information content (AvgIpc) is 4.41. The van der Waals surface area contributed by atoms with Crippen LogP contribution in [0.3, 0.4) is 0 Å². The molecule has 0 atom stereocenters. The molecule has 5 heteroatoms. The van der Waals surface area contributed by atoms with Crippen molar-refractivity contribution >= 4 is 115 Å². The lowest BCUT2D eigenvalue weighted by Gasteiger charge is -2.42. The Hall–Kier alpha value is -9.68. The molecule has 12 aromatic carbocycles. The summed E-state index contributed by atoms with van der Waals surface area (Å²) in [6.07, 6.45) is 0. The van der Waals surface area contributed by atoms with Crippen LogP contribution < -0.4 is 21.3 Å². The normalized spacial score (nSPS) is 12.6. The molecular formula is C72H43BN2OS. The number of aromatic nitrogens is 1. The van der Waals surface area contributed by atoms with Crippen molar-refractivity contribution in [3.05, 3.63) is 261 Å². The van der Waals surface area contributed by atoms with E-state index in [1.54, 1.807) is 0 Å². The first-order valence-corrected chi connectivity index (χ1v) is 27.3. The zero-order valence-corrected chi connectivity index (χ0v) is 42.4. The molecule has 0 spiro atoms. The van der Waals surface area contributed by atoms with Gasteiger partial charge in [0.15, 0.2) is 0 Å². The number of para-hydroxylation sites is 3. The Morgan fingerprint density at radius 1 is 0.338 bits per heavy atom. The second kappa shape index (κ2) is 16.4. The monoisotopic (exact) mass is 994 g/mol. The second-order valence-corrected chi connectivity index (χ2v) is 21.8. The van der Waals surface area contributed by atoms with E-state index in [1.807, 2.05) is 11.3 Å². The van der Waals surface area contributed by atoms with Crippen LogP contribution in [0.4, 0.5) is 17.1 Å². The van der Waals surface area contributed by atoms with Crippen LogP contribution in [0.5, 0.6) is 0 Å². The summed E-state index contributed by atoms with van der Waals surface area (Å²) in [6, 6.07) is 96.8. The van der Waals surface area contributed by atoms with Crippen LogP contribution >= 0.6 is 11.3 Å². The van der Waals surface area contributed by atoms with Crippen molar-refractivity contribution in [3.8, 4) is 61.3 Å². The molecule has 17 rings (SSSR count). The van der Waals surface area contributed by atoms with Crippen LogP contribution in [0.2, 0.25) is 0 Å². The molecule has 0 unspecified atom stereocenters. The number of rotatable bonds is 6. The van der Waals surface area contributed by atoms with Crippen LogP contribution in [0, 0.1) is 0 Å². The summed E-state index contributed by atoms with van der Waals surface area (Å²) in [5, 5.41) is 7.25. The van der Waals surface area contributed by atoms with E-state index in [0.717, 1.165) is 66.7 Å². The van der Waals surface area contributed by atoms with Crippen LogP contribution in [0.15, 0.2) is 265 Å². The van der Waals surface area contributed by atoms with E-state index in [1.165, 1.54) is 92.0 Å².